The smallest absolute Gasteiger partial charge is 0.311 e. The Balaban J connectivity index is 2.87. The van der Waals surface area contributed by atoms with Crippen molar-refractivity contribution < 1.29 is 14.5 Å². The van der Waals surface area contributed by atoms with E-state index in [1.54, 1.807) is 19.9 Å². The van der Waals surface area contributed by atoms with Crippen molar-refractivity contribution in [2.45, 2.75) is 20.3 Å². The van der Waals surface area contributed by atoms with Crippen LogP contribution >= 0.6 is 0 Å². The summed E-state index contributed by atoms with van der Waals surface area (Å²) in [6.07, 6.45) is 0.0426. The molecular formula is C11H15N3O4. The summed E-state index contributed by atoms with van der Waals surface area (Å²) in [5.41, 5.74) is 3.31. The third kappa shape index (κ3) is 3.42. The van der Waals surface area contributed by atoms with Crippen molar-refractivity contribution >= 4 is 11.6 Å². The summed E-state index contributed by atoms with van der Waals surface area (Å²) in [4.78, 5) is 21.3. The molecule has 0 saturated heterocycles. The Kier molecular flexibility index (Phi) is 4.61. The molecular weight excluding hydrogens is 238 g/mol. The molecule has 0 aliphatic rings. The molecule has 98 valence electrons. The number of ether oxygens (including phenoxy) is 1. The van der Waals surface area contributed by atoms with E-state index in [9.17, 15) is 14.9 Å². The normalized spacial score (nSPS) is 9.94. The number of carbonyl (C=O) groups excluding carboxylic acids is 1. The number of nitro benzene ring substituents is 1. The van der Waals surface area contributed by atoms with Crippen LogP contribution in [-0.4, -0.2) is 17.4 Å². The number of benzene rings is 1. The molecule has 7 nitrogen and oxygen atoms in total. The first-order chi connectivity index (χ1) is 8.45. The average Bonchev–Trinajstić information content (AvgIpc) is 2.30. The molecule has 7 heteroatoms. The van der Waals surface area contributed by atoms with Gasteiger partial charge in [-0.05, 0) is 25.0 Å². The molecule has 0 radical (unpaired) electrons. The van der Waals surface area contributed by atoms with Crippen LogP contribution in [0.2, 0.25) is 0 Å². The van der Waals surface area contributed by atoms with Gasteiger partial charge < -0.3 is 4.74 Å². The van der Waals surface area contributed by atoms with E-state index in [-0.39, 0.29) is 30.4 Å². The monoisotopic (exact) mass is 253 g/mol. The number of amides is 1. The van der Waals surface area contributed by atoms with E-state index in [4.69, 9.17) is 10.6 Å². The van der Waals surface area contributed by atoms with Crippen LogP contribution in [0.1, 0.15) is 17.5 Å². The molecule has 0 spiro atoms. The molecule has 0 aromatic heterocycles. The Morgan fingerprint density at radius 2 is 2.17 bits per heavy atom. The van der Waals surface area contributed by atoms with E-state index in [0.29, 0.717) is 5.56 Å². The number of hydrogen-bond donors (Lipinski definition) is 2. The van der Waals surface area contributed by atoms with E-state index >= 15 is 0 Å². The van der Waals surface area contributed by atoms with E-state index in [0.717, 1.165) is 5.56 Å². The molecule has 0 aliphatic heterocycles. The number of carbonyl (C=O) groups is 1. The lowest BCUT2D eigenvalue weighted by Gasteiger charge is -2.10. The molecule has 1 rings (SSSR count). The molecule has 0 unspecified atom stereocenters. The zero-order valence-electron chi connectivity index (χ0n) is 10.2. The highest BCUT2D eigenvalue weighted by atomic mass is 16.6. The highest BCUT2D eigenvalue weighted by Crippen LogP contribution is 2.31. The predicted molar refractivity (Wildman–Crippen MR) is 65.0 cm³/mol. The summed E-state index contributed by atoms with van der Waals surface area (Å²) < 4.78 is 5.30. The molecule has 18 heavy (non-hydrogen) atoms. The molecule has 1 aromatic carbocycles. The number of nitro groups is 1. The average molecular weight is 253 g/mol. The predicted octanol–water partition coefficient (Wildman–Crippen LogP) is 0.970. The highest BCUT2D eigenvalue weighted by molar-refractivity contribution is 5.75. The second-order valence-electron chi connectivity index (χ2n) is 3.85. The maximum Gasteiger partial charge on any atom is 0.311 e. The Bertz CT molecular complexity index is 474. The van der Waals surface area contributed by atoms with Gasteiger partial charge in [-0.25, -0.2) is 5.84 Å². The fourth-order valence-electron chi connectivity index (χ4n) is 1.57. The van der Waals surface area contributed by atoms with Crippen LogP contribution in [0.25, 0.3) is 0 Å². The van der Waals surface area contributed by atoms with Crippen molar-refractivity contribution in [2.75, 3.05) is 6.61 Å². The van der Waals surface area contributed by atoms with Crippen molar-refractivity contribution in [3.63, 3.8) is 0 Å². The molecule has 0 atom stereocenters. The Morgan fingerprint density at radius 1 is 1.50 bits per heavy atom. The van der Waals surface area contributed by atoms with Gasteiger partial charge in [0.1, 0.15) is 0 Å². The van der Waals surface area contributed by atoms with Crippen LogP contribution in [-0.2, 0) is 4.79 Å². The third-order valence-corrected chi connectivity index (χ3v) is 2.33. The summed E-state index contributed by atoms with van der Waals surface area (Å²) in [7, 11) is 0. The zero-order valence-corrected chi connectivity index (χ0v) is 10.2. The Morgan fingerprint density at radius 3 is 2.72 bits per heavy atom. The fourth-order valence-corrected chi connectivity index (χ4v) is 1.57. The summed E-state index contributed by atoms with van der Waals surface area (Å²) in [5, 5.41) is 10.9. The van der Waals surface area contributed by atoms with Gasteiger partial charge in [-0.2, -0.15) is 0 Å². The van der Waals surface area contributed by atoms with Gasteiger partial charge in [0.05, 0.1) is 18.0 Å². The molecule has 0 fully saturated rings. The van der Waals surface area contributed by atoms with E-state index in [1.807, 2.05) is 5.43 Å². The number of nitrogens with two attached hydrogens (primary N) is 1. The Labute approximate surface area is 104 Å². The van der Waals surface area contributed by atoms with Gasteiger partial charge in [-0.1, -0.05) is 6.07 Å². The van der Waals surface area contributed by atoms with E-state index in [1.165, 1.54) is 6.07 Å². The first-order valence-electron chi connectivity index (χ1n) is 5.33. The maximum absolute atomic E-state index is 10.9. The minimum atomic E-state index is -0.502. The summed E-state index contributed by atoms with van der Waals surface area (Å²) in [6.45, 7) is 3.53. The lowest BCUT2D eigenvalue weighted by Crippen LogP contribution is -2.31. The molecule has 0 aliphatic carbocycles. The lowest BCUT2D eigenvalue weighted by atomic mass is 10.1. The third-order valence-electron chi connectivity index (χ3n) is 2.33. The van der Waals surface area contributed by atoms with Crippen molar-refractivity contribution in [1.82, 2.24) is 5.43 Å². The van der Waals surface area contributed by atoms with Gasteiger partial charge in [0.2, 0.25) is 5.91 Å². The van der Waals surface area contributed by atoms with Gasteiger partial charge in [-0.15, -0.1) is 0 Å². The highest BCUT2D eigenvalue weighted by Gasteiger charge is 2.18. The Hall–Kier alpha value is -2.15. The number of hydrogen-bond acceptors (Lipinski definition) is 5. The fraction of sp³-hybridized carbons (Fsp3) is 0.364. The van der Waals surface area contributed by atoms with Crippen LogP contribution < -0.4 is 16.0 Å². The largest absolute Gasteiger partial charge is 0.486 e. The summed E-state index contributed by atoms with van der Waals surface area (Å²) >= 11 is 0. The van der Waals surface area contributed by atoms with Gasteiger partial charge >= 0.3 is 5.69 Å². The van der Waals surface area contributed by atoms with E-state index in [2.05, 4.69) is 0 Å². The summed E-state index contributed by atoms with van der Waals surface area (Å²) in [6, 6.07) is 3.22. The van der Waals surface area contributed by atoms with Gasteiger partial charge in [0.25, 0.3) is 0 Å². The topological polar surface area (TPSA) is 107 Å². The molecule has 0 bridgehead atoms. The van der Waals surface area contributed by atoms with Crippen LogP contribution in [0.4, 0.5) is 5.69 Å². The minimum absolute atomic E-state index is 0.0355. The first kappa shape index (κ1) is 13.9. The quantitative estimate of drug-likeness (QED) is 0.352. The van der Waals surface area contributed by atoms with Crippen molar-refractivity contribution in [3.05, 3.63) is 33.4 Å². The van der Waals surface area contributed by atoms with Gasteiger partial charge in [0, 0.05) is 6.07 Å². The number of hydrazine groups is 1. The summed E-state index contributed by atoms with van der Waals surface area (Å²) in [5.74, 6) is 4.72. The zero-order chi connectivity index (χ0) is 13.7. The van der Waals surface area contributed by atoms with Crippen molar-refractivity contribution in [1.29, 1.82) is 0 Å². The number of aryl methyl sites for hydroxylation is 2. The number of nitrogens with zero attached hydrogens (tertiary/aromatic N) is 1. The number of nitrogens with one attached hydrogen (secondary N) is 1. The first-order valence-corrected chi connectivity index (χ1v) is 5.33. The lowest BCUT2D eigenvalue weighted by molar-refractivity contribution is -0.386. The van der Waals surface area contributed by atoms with Crippen LogP contribution in [0.3, 0.4) is 0 Å². The minimum Gasteiger partial charge on any atom is -0.486 e. The van der Waals surface area contributed by atoms with Crippen LogP contribution in [0.5, 0.6) is 5.75 Å². The SMILES string of the molecule is Cc1cc(C)c(OCCC(=O)NN)c([N+](=O)[O-])c1. The van der Waals surface area contributed by atoms with Crippen LogP contribution in [0, 0.1) is 24.0 Å². The second kappa shape index (κ2) is 5.97. The maximum atomic E-state index is 10.9. The van der Waals surface area contributed by atoms with Gasteiger partial charge in [-0.3, -0.25) is 20.3 Å². The molecule has 1 amide bonds. The molecule has 0 saturated carbocycles. The number of rotatable bonds is 5. The molecule has 1 aromatic rings. The molecule has 0 heterocycles. The standard InChI is InChI=1S/C11H15N3O4/c1-7-5-8(2)11(9(6-7)14(16)17)18-4-3-10(15)13-12/h5-6H,3-4,12H2,1-2H3,(H,13,15). The van der Waals surface area contributed by atoms with Gasteiger partial charge in [0.15, 0.2) is 5.75 Å². The van der Waals surface area contributed by atoms with E-state index < -0.39 is 4.92 Å². The van der Waals surface area contributed by atoms with Crippen LogP contribution in [0.15, 0.2) is 12.1 Å². The molecule has 3 N–H and O–H groups in total. The van der Waals surface area contributed by atoms with Crippen molar-refractivity contribution in [2.24, 2.45) is 5.84 Å². The van der Waals surface area contributed by atoms with Crippen molar-refractivity contribution in [3.8, 4) is 5.75 Å². The second-order valence-corrected chi connectivity index (χ2v) is 3.85.